The molecule has 3 aromatic heterocycles. The van der Waals surface area contributed by atoms with Crippen molar-refractivity contribution in [3.05, 3.63) is 59.1 Å². The second-order valence-electron chi connectivity index (χ2n) is 12.2. The predicted octanol–water partition coefficient (Wildman–Crippen LogP) is 4.22. The summed E-state index contributed by atoms with van der Waals surface area (Å²) in [7, 11) is 0. The Morgan fingerprint density at radius 3 is 2.66 bits per heavy atom. The summed E-state index contributed by atoms with van der Waals surface area (Å²) in [4.78, 5) is 42.2. The van der Waals surface area contributed by atoms with Gasteiger partial charge in [-0.25, -0.2) is 4.52 Å². The van der Waals surface area contributed by atoms with Crippen LogP contribution < -0.4 is 10.1 Å². The van der Waals surface area contributed by atoms with Crippen molar-refractivity contribution < 1.29 is 23.5 Å². The molecule has 2 saturated heterocycles. The Bertz CT molecular complexity index is 1760. The van der Waals surface area contributed by atoms with E-state index in [1.54, 1.807) is 33.9 Å². The van der Waals surface area contributed by atoms with Crippen molar-refractivity contribution in [2.45, 2.75) is 57.5 Å². The third kappa shape index (κ3) is 3.69. The summed E-state index contributed by atoms with van der Waals surface area (Å²) in [5, 5.41) is 8.41. The SMILES string of the molecule is Cc1oc2cc(Oc3ccnn4cc(C(=O)N5CC(N6CCCC6=O)C5)c(C)c34)ccc2c1C(=O)NC12CC(C1)C2. The van der Waals surface area contributed by atoms with Gasteiger partial charge in [-0.15, -0.1) is 0 Å². The number of hydrogen-bond acceptors (Lipinski definition) is 6. The van der Waals surface area contributed by atoms with E-state index in [0.717, 1.165) is 49.1 Å². The maximum atomic E-state index is 13.4. The summed E-state index contributed by atoms with van der Waals surface area (Å²) in [5.74, 6) is 2.52. The van der Waals surface area contributed by atoms with E-state index in [2.05, 4.69) is 10.4 Å². The van der Waals surface area contributed by atoms with E-state index in [0.29, 0.717) is 59.0 Å². The molecule has 0 atom stereocenters. The Balaban J connectivity index is 1.03. The van der Waals surface area contributed by atoms with E-state index in [4.69, 9.17) is 9.15 Å². The topological polar surface area (TPSA) is 109 Å². The van der Waals surface area contributed by atoms with Gasteiger partial charge in [0.1, 0.15) is 22.6 Å². The zero-order valence-corrected chi connectivity index (χ0v) is 23.1. The van der Waals surface area contributed by atoms with Gasteiger partial charge >= 0.3 is 0 Å². The molecule has 2 bridgehead atoms. The second kappa shape index (κ2) is 8.58. The highest BCUT2D eigenvalue weighted by Gasteiger charge is 2.57. The Kier molecular flexibility index (Phi) is 5.12. The number of fused-ring (bicyclic) bond motifs is 2. The lowest BCUT2D eigenvalue weighted by atomic mass is 9.50. The molecule has 5 aliphatic rings. The molecule has 2 aliphatic heterocycles. The molecule has 3 saturated carbocycles. The number of nitrogens with one attached hydrogen (secondary N) is 1. The Morgan fingerprint density at radius 2 is 1.95 bits per heavy atom. The average Bonchev–Trinajstić information content (AvgIpc) is 3.54. The molecule has 0 spiro atoms. The molecule has 5 fully saturated rings. The van der Waals surface area contributed by atoms with Crippen LogP contribution in [-0.4, -0.2) is 68.4 Å². The molecule has 210 valence electrons. The number of rotatable bonds is 6. The van der Waals surface area contributed by atoms with Crippen molar-refractivity contribution in [3.63, 3.8) is 0 Å². The van der Waals surface area contributed by atoms with Crippen molar-refractivity contribution >= 4 is 34.2 Å². The number of carbonyl (C=O) groups is 3. The molecule has 3 amide bonds. The van der Waals surface area contributed by atoms with Gasteiger partial charge in [0.05, 0.1) is 23.4 Å². The Labute approximate surface area is 236 Å². The third-order valence-electron chi connectivity index (χ3n) is 9.53. The number of aromatic nitrogens is 2. The van der Waals surface area contributed by atoms with Gasteiger partial charge in [0, 0.05) is 55.3 Å². The molecule has 0 radical (unpaired) electrons. The van der Waals surface area contributed by atoms with Gasteiger partial charge in [-0.3, -0.25) is 14.4 Å². The van der Waals surface area contributed by atoms with E-state index in [1.165, 1.54) is 0 Å². The molecule has 5 heterocycles. The van der Waals surface area contributed by atoms with Crippen molar-refractivity contribution in [1.82, 2.24) is 24.7 Å². The number of benzene rings is 1. The van der Waals surface area contributed by atoms with E-state index in [9.17, 15) is 14.4 Å². The maximum absolute atomic E-state index is 13.4. The second-order valence-corrected chi connectivity index (χ2v) is 12.2. The van der Waals surface area contributed by atoms with Gasteiger partial charge < -0.3 is 24.3 Å². The van der Waals surface area contributed by atoms with Crippen molar-refractivity contribution in [2.75, 3.05) is 19.6 Å². The number of furan rings is 1. The Morgan fingerprint density at radius 1 is 1.15 bits per heavy atom. The van der Waals surface area contributed by atoms with Crippen LogP contribution in [0.2, 0.25) is 0 Å². The smallest absolute Gasteiger partial charge is 0.255 e. The molecule has 4 aromatic rings. The van der Waals surface area contributed by atoms with Crippen LogP contribution in [-0.2, 0) is 4.79 Å². The first kappa shape index (κ1) is 24.5. The number of aryl methyl sites for hydroxylation is 2. The highest BCUT2D eigenvalue weighted by Crippen LogP contribution is 2.57. The number of hydrogen-bond donors (Lipinski definition) is 1. The fourth-order valence-corrected chi connectivity index (χ4v) is 7.17. The van der Waals surface area contributed by atoms with Gasteiger partial charge in [0.2, 0.25) is 5.91 Å². The van der Waals surface area contributed by atoms with E-state index < -0.39 is 0 Å². The molecular weight excluding hydrogens is 522 g/mol. The third-order valence-corrected chi connectivity index (χ3v) is 9.53. The van der Waals surface area contributed by atoms with E-state index in [1.807, 2.05) is 30.9 Å². The van der Waals surface area contributed by atoms with Crippen LogP contribution in [0, 0.1) is 19.8 Å². The van der Waals surface area contributed by atoms with Gasteiger partial charge in [-0.1, -0.05) is 0 Å². The summed E-state index contributed by atoms with van der Waals surface area (Å²) < 4.78 is 14.0. The Hall–Kier alpha value is -4.34. The molecule has 41 heavy (non-hydrogen) atoms. The lowest BCUT2D eigenvalue weighted by Gasteiger charge is -2.61. The minimum Gasteiger partial charge on any atom is -0.460 e. The monoisotopic (exact) mass is 553 g/mol. The molecule has 3 aliphatic carbocycles. The number of carbonyl (C=O) groups excluding carboxylic acids is 3. The fourth-order valence-electron chi connectivity index (χ4n) is 7.17. The number of amides is 3. The number of likely N-dealkylation sites (tertiary alicyclic amines) is 2. The maximum Gasteiger partial charge on any atom is 0.255 e. The highest BCUT2D eigenvalue weighted by molar-refractivity contribution is 6.08. The minimum atomic E-state index is -0.0783. The summed E-state index contributed by atoms with van der Waals surface area (Å²) in [6.07, 6.45) is 8.11. The van der Waals surface area contributed by atoms with E-state index >= 15 is 0 Å². The zero-order valence-electron chi connectivity index (χ0n) is 23.1. The molecule has 10 nitrogen and oxygen atoms in total. The molecule has 1 N–H and O–H groups in total. The quantitative estimate of drug-likeness (QED) is 0.383. The van der Waals surface area contributed by atoms with Crippen LogP contribution in [0.25, 0.3) is 16.5 Å². The standard InChI is InChI=1S/C31H31N5O5/c1-17-23(30(39)34-14-20(15-34)35-9-3-4-26(35)37)16-36-28(17)24(7-8-32-36)41-21-5-6-22-25(10-21)40-18(2)27(22)29(38)33-31-11-19(12-31)13-31/h5-8,10,16,19-20H,3-4,9,11-15H2,1-2H3,(H,33,38). The van der Waals surface area contributed by atoms with Crippen molar-refractivity contribution in [1.29, 1.82) is 0 Å². The molecular formula is C31H31N5O5. The van der Waals surface area contributed by atoms with Crippen LogP contribution in [0.15, 0.2) is 41.1 Å². The van der Waals surface area contributed by atoms with Crippen LogP contribution in [0.3, 0.4) is 0 Å². The summed E-state index contributed by atoms with van der Waals surface area (Å²) >= 11 is 0. The first-order valence-corrected chi connectivity index (χ1v) is 14.4. The largest absolute Gasteiger partial charge is 0.460 e. The molecule has 0 unspecified atom stereocenters. The van der Waals surface area contributed by atoms with Crippen molar-refractivity contribution in [2.24, 2.45) is 5.92 Å². The van der Waals surface area contributed by atoms with Crippen molar-refractivity contribution in [3.8, 4) is 11.5 Å². The minimum absolute atomic E-state index is 0.00680. The lowest BCUT2D eigenvalue weighted by molar-refractivity contribution is -0.132. The zero-order chi connectivity index (χ0) is 28.0. The van der Waals surface area contributed by atoms with Crippen LogP contribution in [0.1, 0.15) is 64.1 Å². The van der Waals surface area contributed by atoms with Crippen LogP contribution in [0.4, 0.5) is 0 Å². The average molecular weight is 554 g/mol. The first-order valence-electron chi connectivity index (χ1n) is 14.4. The van der Waals surface area contributed by atoms with Gasteiger partial charge in [-0.2, -0.15) is 5.10 Å². The van der Waals surface area contributed by atoms with E-state index in [-0.39, 0.29) is 29.3 Å². The first-order chi connectivity index (χ1) is 19.8. The summed E-state index contributed by atoms with van der Waals surface area (Å²) in [6, 6.07) is 7.37. The molecule has 9 rings (SSSR count). The number of nitrogens with zero attached hydrogens (tertiary/aromatic N) is 4. The van der Waals surface area contributed by atoms with Gasteiger partial charge in [0.25, 0.3) is 11.8 Å². The summed E-state index contributed by atoms with van der Waals surface area (Å²) in [6.45, 7) is 5.60. The van der Waals surface area contributed by atoms with Gasteiger partial charge in [-0.05, 0) is 63.1 Å². The van der Waals surface area contributed by atoms with Gasteiger partial charge in [0.15, 0.2) is 5.75 Å². The molecule has 1 aromatic carbocycles. The summed E-state index contributed by atoms with van der Waals surface area (Å²) in [5.41, 5.74) is 3.21. The normalized spacial score (nSPS) is 23.5. The number of ether oxygens (including phenoxy) is 1. The lowest BCUT2D eigenvalue weighted by Crippen LogP contribution is -2.68. The molecule has 10 heteroatoms. The van der Waals surface area contributed by atoms with Crippen LogP contribution >= 0.6 is 0 Å². The highest BCUT2D eigenvalue weighted by atomic mass is 16.5. The van der Waals surface area contributed by atoms with Crippen LogP contribution in [0.5, 0.6) is 11.5 Å². The predicted molar refractivity (Wildman–Crippen MR) is 149 cm³/mol. The fraction of sp³-hybridized carbons (Fsp3) is 0.419.